The second-order valence-electron chi connectivity index (χ2n) is 5.97. The van der Waals surface area contributed by atoms with Gasteiger partial charge in [0.2, 0.25) is 0 Å². The lowest BCUT2D eigenvalue weighted by Gasteiger charge is -2.34. The molecule has 3 nitrogen and oxygen atoms in total. The van der Waals surface area contributed by atoms with Crippen LogP contribution in [0.5, 0.6) is 0 Å². The van der Waals surface area contributed by atoms with Crippen molar-refractivity contribution in [1.29, 1.82) is 0 Å². The lowest BCUT2D eigenvalue weighted by molar-refractivity contribution is 0.0674. The number of rotatable bonds is 6. The van der Waals surface area contributed by atoms with Gasteiger partial charge in [0.25, 0.3) is 0 Å². The molecule has 0 heterocycles. The standard InChI is InChI=1S/C15H30N2O/c1-6-11(7-2)14(16)13-12(17-9(3)4)8-10(5)15(13)18/h10-15,17-18H,3,6-8,16H2,1-2,4-5H3/t10-,12+,13+,14?,15+/m0/s1. The fraction of sp³-hybridized carbons (Fsp3) is 0.867. The third-order valence-corrected chi connectivity index (χ3v) is 4.54. The third-order valence-electron chi connectivity index (χ3n) is 4.54. The molecule has 1 rings (SSSR count). The lowest BCUT2D eigenvalue weighted by atomic mass is 9.81. The van der Waals surface area contributed by atoms with Crippen molar-refractivity contribution in [3.8, 4) is 0 Å². The number of hydrogen-bond acceptors (Lipinski definition) is 3. The molecule has 1 unspecified atom stereocenters. The number of nitrogens with one attached hydrogen (secondary N) is 1. The molecule has 1 saturated carbocycles. The molecule has 18 heavy (non-hydrogen) atoms. The van der Waals surface area contributed by atoms with Crippen LogP contribution in [-0.4, -0.2) is 23.3 Å². The van der Waals surface area contributed by atoms with E-state index in [1.165, 1.54) is 0 Å². The largest absolute Gasteiger partial charge is 0.392 e. The van der Waals surface area contributed by atoms with Crippen molar-refractivity contribution in [1.82, 2.24) is 5.32 Å². The van der Waals surface area contributed by atoms with Crippen molar-refractivity contribution >= 4 is 0 Å². The van der Waals surface area contributed by atoms with Gasteiger partial charge in [0.05, 0.1) is 6.10 Å². The Balaban J connectivity index is 2.82. The Morgan fingerprint density at radius 3 is 2.44 bits per heavy atom. The normalized spacial score (nSPS) is 33.7. The van der Waals surface area contributed by atoms with Crippen molar-refractivity contribution in [2.45, 2.75) is 65.1 Å². The molecule has 106 valence electrons. The van der Waals surface area contributed by atoms with Crippen LogP contribution in [0.1, 0.15) is 47.0 Å². The minimum absolute atomic E-state index is 0.0665. The van der Waals surface area contributed by atoms with Gasteiger partial charge in [-0.3, -0.25) is 0 Å². The summed E-state index contributed by atoms with van der Waals surface area (Å²) in [4.78, 5) is 0. The second-order valence-corrected chi connectivity index (χ2v) is 5.97. The van der Waals surface area contributed by atoms with E-state index in [1.54, 1.807) is 0 Å². The van der Waals surface area contributed by atoms with Crippen LogP contribution in [0, 0.1) is 17.8 Å². The maximum atomic E-state index is 10.4. The van der Waals surface area contributed by atoms with E-state index < -0.39 is 0 Å². The van der Waals surface area contributed by atoms with Crippen molar-refractivity contribution in [3.05, 3.63) is 12.3 Å². The van der Waals surface area contributed by atoms with Gasteiger partial charge in [0.1, 0.15) is 0 Å². The van der Waals surface area contributed by atoms with Gasteiger partial charge in [-0.2, -0.15) is 0 Å². The van der Waals surface area contributed by atoms with Crippen LogP contribution in [-0.2, 0) is 0 Å². The summed E-state index contributed by atoms with van der Waals surface area (Å²) in [6.07, 6.45) is 2.84. The summed E-state index contributed by atoms with van der Waals surface area (Å²) in [6, 6.07) is 0.333. The quantitative estimate of drug-likeness (QED) is 0.681. The average Bonchev–Trinajstić information content (AvgIpc) is 2.55. The fourth-order valence-electron chi connectivity index (χ4n) is 3.43. The maximum Gasteiger partial charge on any atom is 0.0629 e. The van der Waals surface area contributed by atoms with Crippen molar-refractivity contribution < 1.29 is 5.11 Å². The van der Waals surface area contributed by atoms with Gasteiger partial charge in [-0.05, 0) is 25.2 Å². The van der Waals surface area contributed by atoms with Crippen LogP contribution in [0.3, 0.4) is 0 Å². The molecule has 1 aliphatic carbocycles. The van der Waals surface area contributed by atoms with E-state index in [0.717, 1.165) is 25.0 Å². The molecule has 1 fully saturated rings. The second kappa shape index (κ2) is 6.58. The minimum atomic E-state index is -0.294. The summed E-state index contributed by atoms with van der Waals surface area (Å²) in [6.45, 7) is 12.4. The Morgan fingerprint density at radius 2 is 2.00 bits per heavy atom. The summed E-state index contributed by atoms with van der Waals surface area (Å²) in [5.41, 5.74) is 7.39. The number of hydrogen-bond donors (Lipinski definition) is 3. The zero-order valence-corrected chi connectivity index (χ0v) is 12.3. The molecule has 0 bridgehead atoms. The van der Waals surface area contributed by atoms with Crippen molar-refractivity contribution in [2.24, 2.45) is 23.5 Å². The minimum Gasteiger partial charge on any atom is -0.392 e. The first kappa shape index (κ1) is 15.5. The molecular weight excluding hydrogens is 224 g/mol. The van der Waals surface area contributed by atoms with E-state index in [1.807, 2.05) is 6.92 Å². The van der Waals surface area contributed by atoms with E-state index in [-0.39, 0.29) is 24.1 Å². The molecule has 0 radical (unpaired) electrons. The van der Waals surface area contributed by atoms with Gasteiger partial charge >= 0.3 is 0 Å². The van der Waals surface area contributed by atoms with E-state index in [2.05, 4.69) is 32.7 Å². The molecular formula is C15H30N2O. The van der Waals surface area contributed by atoms with Crippen LogP contribution in [0.25, 0.3) is 0 Å². The SMILES string of the molecule is C=C(C)N[C@@H]1C[C@H](C)[C@@H](O)[C@H]1C(N)C(CC)CC. The van der Waals surface area contributed by atoms with Gasteiger partial charge in [0, 0.05) is 23.7 Å². The summed E-state index contributed by atoms with van der Waals surface area (Å²) in [5, 5.41) is 13.8. The highest BCUT2D eigenvalue weighted by molar-refractivity contribution is 5.03. The van der Waals surface area contributed by atoms with Gasteiger partial charge in [-0.15, -0.1) is 0 Å². The maximum absolute atomic E-state index is 10.4. The van der Waals surface area contributed by atoms with Crippen LogP contribution in [0.2, 0.25) is 0 Å². The Bertz CT molecular complexity index is 276. The first-order chi connectivity index (χ1) is 8.42. The molecule has 0 aromatic carbocycles. The molecule has 5 atom stereocenters. The van der Waals surface area contributed by atoms with Crippen LogP contribution < -0.4 is 11.1 Å². The van der Waals surface area contributed by atoms with E-state index in [4.69, 9.17) is 5.73 Å². The van der Waals surface area contributed by atoms with Crippen LogP contribution in [0.15, 0.2) is 12.3 Å². The van der Waals surface area contributed by atoms with Gasteiger partial charge in [-0.25, -0.2) is 0 Å². The van der Waals surface area contributed by atoms with E-state index in [0.29, 0.717) is 11.8 Å². The number of aliphatic hydroxyl groups is 1. The van der Waals surface area contributed by atoms with Crippen molar-refractivity contribution in [3.63, 3.8) is 0 Å². The molecule has 0 spiro atoms. The summed E-state index contributed by atoms with van der Waals surface area (Å²) in [7, 11) is 0. The third kappa shape index (κ3) is 3.27. The van der Waals surface area contributed by atoms with Gasteiger partial charge in [-0.1, -0.05) is 40.2 Å². The summed E-state index contributed by atoms with van der Waals surface area (Å²) < 4.78 is 0. The predicted octanol–water partition coefficient (Wildman–Crippen LogP) is 2.26. The first-order valence-corrected chi connectivity index (χ1v) is 7.27. The topological polar surface area (TPSA) is 58.3 Å². The molecule has 0 aromatic rings. The fourth-order valence-corrected chi connectivity index (χ4v) is 3.43. The van der Waals surface area contributed by atoms with E-state index >= 15 is 0 Å². The summed E-state index contributed by atoms with van der Waals surface area (Å²) >= 11 is 0. The molecule has 0 aliphatic heterocycles. The zero-order valence-electron chi connectivity index (χ0n) is 12.3. The molecule has 1 aliphatic rings. The van der Waals surface area contributed by atoms with Gasteiger partial charge in [0.15, 0.2) is 0 Å². The Kier molecular flexibility index (Phi) is 5.67. The first-order valence-electron chi connectivity index (χ1n) is 7.27. The van der Waals surface area contributed by atoms with Crippen molar-refractivity contribution in [2.75, 3.05) is 0 Å². The molecule has 4 N–H and O–H groups in total. The molecule has 0 aromatic heterocycles. The number of nitrogens with two attached hydrogens (primary N) is 1. The lowest BCUT2D eigenvalue weighted by Crippen LogP contribution is -2.49. The van der Waals surface area contributed by atoms with Gasteiger partial charge < -0.3 is 16.2 Å². The average molecular weight is 254 g/mol. The Morgan fingerprint density at radius 1 is 1.44 bits per heavy atom. The zero-order chi connectivity index (χ0) is 13.9. The Hall–Kier alpha value is -0.540. The molecule has 0 amide bonds. The number of aliphatic hydroxyl groups excluding tert-OH is 1. The predicted molar refractivity (Wildman–Crippen MR) is 77.1 cm³/mol. The van der Waals surface area contributed by atoms with Crippen LogP contribution in [0.4, 0.5) is 0 Å². The Labute approximate surface area is 112 Å². The molecule has 0 saturated heterocycles. The van der Waals surface area contributed by atoms with Crippen LogP contribution >= 0.6 is 0 Å². The highest BCUT2D eigenvalue weighted by Crippen LogP contribution is 2.36. The molecule has 3 heteroatoms. The monoisotopic (exact) mass is 254 g/mol. The van der Waals surface area contributed by atoms with E-state index in [9.17, 15) is 5.11 Å². The smallest absolute Gasteiger partial charge is 0.0629 e. The highest BCUT2D eigenvalue weighted by Gasteiger charge is 2.44. The summed E-state index contributed by atoms with van der Waals surface area (Å²) in [5.74, 6) is 0.943. The highest BCUT2D eigenvalue weighted by atomic mass is 16.3. The number of allylic oxidation sites excluding steroid dienone is 1.